The maximum absolute atomic E-state index is 12.4. The lowest BCUT2D eigenvalue weighted by molar-refractivity contribution is -0.137. The van der Waals surface area contributed by atoms with E-state index >= 15 is 0 Å². The lowest BCUT2D eigenvalue weighted by Crippen LogP contribution is -2.35. The van der Waals surface area contributed by atoms with Gasteiger partial charge in [0.05, 0.1) is 5.56 Å². The summed E-state index contributed by atoms with van der Waals surface area (Å²) in [6, 6.07) is 4.19. The molecule has 124 valence electrons. The number of carbonyl (C=O) groups is 1. The van der Waals surface area contributed by atoms with Gasteiger partial charge in [-0.3, -0.25) is 4.79 Å². The summed E-state index contributed by atoms with van der Waals surface area (Å²) >= 11 is 0. The second kappa shape index (κ2) is 8.03. The van der Waals surface area contributed by atoms with Crippen LogP contribution in [0, 0.1) is 5.92 Å². The van der Waals surface area contributed by atoms with Gasteiger partial charge in [-0.25, -0.2) is 0 Å². The van der Waals surface area contributed by atoms with Crippen molar-refractivity contribution in [3.63, 3.8) is 0 Å². The highest BCUT2D eigenvalue weighted by Gasteiger charge is 2.30. The highest BCUT2D eigenvalue weighted by molar-refractivity contribution is 5.76. The molecule has 0 heterocycles. The molecule has 7 heteroatoms. The Hall–Kier alpha value is -1.76. The summed E-state index contributed by atoms with van der Waals surface area (Å²) in [5.74, 6) is 0.282. The van der Waals surface area contributed by atoms with Crippen LogP contribution in [-0.2, 0) is 11.0 Å². The quantitative estimate of drug-likeness (QED) is 0.812. The molecule has 0 saturated carbocycles. The molecule has 1 aromatic carbocycles. The number of benzene rings is 1. The molecular formula is C15H20F3NO3. The fourth-order valence-electron chi connectivity index (χ4n) is 1.67. The van der Waals surface area contributed by atoms with Crippen LogP contribution in [0.15, 0.2) is 24.3 Å². The van der Waals surface area contributed by atoms with Crippen molar-refractivity contribution in [3.8, 4) is 5.75 Å². The van der Waals surface area contributed by atoms with E-state index in [-0.39, 0.29) is 30.7 Å². The van der Waals surface area contributed by atoms with Crippen molar-refractivity contribution in [2.45, 2.75) is 32.5 Å². The average Bonchev–Trinajstić information content (AvgIpc) is 2.41. The van der Waals surface area contributed by atoms with Gasteiger partial charge in [-0.2, -0.15) is 13.2 Å². The van der Waals surface area contributed by atoms with Gasteiger partial charge in [-0.1, -0.05) is 13.8 Å². The molecule has 1 amide bonds. The van der Waals surface area contributed by atoms with Crippen molar-refractivity contribution in [1.82, 2.24) is 5.32 Å². The van der Waals surface area contributed by atoms with Crippen molar-refractivity contribution in [3.05, 3.63) is 29.8 Å². The van der Waals surface area contributed by atoms with Crippen LogP contribution in [0.2, 0.25) is 0 Å². The predicted molar refractivity (Wildman–Crippen MR) is 75.4 cm³/mol. The Morgan fingerprint density at radius 3 is 2.36 bits per heavy atom. The number of halogens is 3. The van der Waals surface area contributed by atoms with E-state index in [0.29, 0.717) is 6.42 Å². The number of nitrogens with one attached hydrogen (secondary N) is 1. The van der Waals surface area contributed by atoms with Crippen LogP contribution in [0.25, 0.3) is 0 Å². The summed E-state index contributed by atoms with van der Waals surface area (Å²) in [6.07, 6.45) is -4.95. The molecule has 0 aliphatic heterocycles. The van der Waals surface area contributed by atoms with Crippen LogP contribution < -0.4 is 10.1 Å². The Kier molecular flexibility index (Phi) is 6.67. The number of hydrogen-bond acceptors (Lipinski definition) is 3. The van der Waals surface area contributed by atoms with Crippen LogP contribution in [-0.4, -0.2) is 30.3 Å². The smallest absolute Gasteiger partial charge is 0.416 e. The van der Waals surface area contributed by atoms with E-state index in [2.05, 4.69) is 5.32 Å². The SMILES string of the molecule is CC(C)CC(=O)NCC(O)COc1ccc(C(F)(F)F)cc1. The minimum absolute atomic E-state index is 0.0339. The summed E-state index contributed by atoms with van der Waals surface area (Å²) in [5.41, 5.74) is -0.763. The van der Waals surface area contributed by atoms with Gasteiger partial charge in [0, 0.05) is 13.0 Å². The third-order valence-electron chi connectivity index (χ3n) is 2.75. The first-order valence-electron chi connectivity index (χ1n) is 6.93. The maximum Gasteiger partial charge on any atom is 0.416 e. The van der Waals surface area contributed by atoms with Gasteiger partial charge >= 0.3 is 6.18 Å². The zero-order valence-corrected chi connectivity index (χ0v) is 12.5. The summed E-state index contributed by atoms with van der Waals surface area (Å²) in [4.78, 5) is 11.4. The van der Waals surface area contributed by atoms with E-state index in [9.17, 15) is 23.1 Å². The lowest BCUT2D eigenvalue weighted by Gasteiger charge is -2.14. The Morgan fingerprint density at radius 1 is 1.27 bits per heavy atom. The monoisotopic (exact) mass is 319 g/mol. The molecule has 1 unspecified atom stereocenters. The molecule has 0 spiro atoms. The standard InChI is InChI=1S/C15H20F3NO3/c1-10(2)7-14(21)19-8-12(20)9-22-13-5-3-11(4-6-13)15(16,17)18/h3-6,10,12,20H,7-9H2,1-2H3,(H,19,21). The molecule has 2 N–H and O–H groups in total. The molecule has 0 aliphatic carbocycles. The zero-order chi connectivity index (χ0) is 16.8. The summed E-state index contributed by atoms with van der Waals surface area (Å²) < 4.78 is 42.3. The second-order valence-corrected chi connectivity index (χ2v) is 5.39. The van der Waals surface area contributed by atoms with Crippen molar-refractivity contribution in [2.75, 3.05) is 13.2 Å². The molecule has 1 atom stereocenters. The molecule has 0 bridgehead atoms. The van der Waals surface area contributed by atoms with Gasteiger partial charge in [0.1, 0.15) is 18.5 Å². The van der Waals surface area contributed by atoms with Gasteiger partial charge in [0.15, 0.2) is 0 Å². The molecule has 0 aliphatic rings. The highest BCUT2D eigenvalue weighted by Crippen LogP contribution is 2.30. The number of aliphatic hydroxyl groups is 1. The van der Waals surface area contributed by atoms with Gasteiger partial charge < -0.3 is 15.2 Å². The fourth-order valence-corrected chi connectivity index (χ4v) is 1.67. The van der Waals surface area contributed by atoms with E-state index in [0.717, 1.165) is 12.1 Å². The van der Waals surface area contributed by atoms with Gasteiger partial charge in [-0.05, 0) is 30.2 Å². The molecule has 1 rings (SSSR count). The maximum atomic E-state index is 12.4. The molecule has 4 nitrogen and oxygen atoms in total. The van der Waals surface area contributed by atoms with Crippen LogP contribution in [0.3, 0.4) is 0 Å². The topological polar surface area (TPSA) is 58.6 Å². The first kappa shape index (κ1) is 18.3. The van der Waals surface area contributed by atoms with Crippen LogP contribution >= 0.6 is 0 Å². The minimum Gasteiger partial charge on any atom is -0.491 e. The number of aliphatic hydroxyl groups excluding tert-OH is 1. The summed E-state index contributed by atoms with van der Waals surface area (Å²) in [5, 5.41) is 12.2. The first-order chi connectivity index (χ1) is 10.2. The van der Waals surface area contributed by atoms with Crippen LogP contribution in [0.1, 0.15) is 25.8 Å². The van der Waals surface area contributed by atoms with E-state index in [4.69, 9.17) is 4.74 Å². The van der Waals surface area contributed by atoms with Crippen molar-refractivity contribution in [1.29, 1.82) is 0 Å². The number of alkyl halides is 3. The number of rotatable bonds is 7. The summed E-state index contributed by atoms with van der Waals surface area (Å²) in [7, 11) is 0. The zero-order valence-electron chi connectivity index (χ0n) is 12.5. The van der Waals surface area contributed by atoms with E-state index in [1.807, 2.05) is 13.8 Å². The van der Waals surface area contributed by atoms with Crippen molar-refractivity contribution < 1.29 is 27.8 Å². The number of ether oxygens (including phenoxy) is 1. The molecule has 0 fully saturated rings. The van der Waals surface area contributed by atoms with Crippen LogP contribution in [0.4, 0.5) is 13.2 Å². The Morgan fingerprint density at radius 2 is 1.86 bits per heavy atom. The highest BCUT2D eigenvalue weighted by atomic mass is 19.4. The minimum atomic E-state index is -4.39. The number of carbonyl (C=O) groups excluding carboxylic acids is 1. The number of hydrogen-bond donors (Lipinski definition) is 2. The van der Waals surface area contributed by atoms with Gasteiger partial charge in [0.2, 0.25) is 5.91 Å². The number of amides is 1. The molecule has 0 aromatic heterocycles. The fraction of sp³-hybridized carbons (Fsp3) is 0.533. The second-order valence-electron chi connectivity index (χ2n) is 5.39. The van der Waals surface area contributed by atoms with Gasteiger partial charge in [-0.15, -0.1) is 0 Å². The summed E-state index contributed by atoms with van der Waals surface area (Å²) in [6.45, 7) is 3.73. The third kappa shape index (κ3) is 6.80. The molecule has 22 heavy (non-hydrogen) atoms. The average molecular weight is 319 g/mol. The first-order valence-corrected chi connectivity index (χ1v) is 6.93. The van der Waals surface area contributed by atoms with E-state index in [1.54, 1.807) is 0 Å². The van der Waals surface area contributed by atoms with Crippen molar-refractivity contribution in [2.24, 2.45) is 5.92 Å². The predicted octanol–water partition coefficient (Wildman–Crippen LogP) is 2.61. The Balaban J connectivity index is 2.35. The van der Waals surface area contributed by atoms with E-state index < -0.39 is 17.8 Å². The van der Waals surface area contributed by atoms with Gasteiger partial charge in [0.25, 0.3) is 0 Å². The Labute approximate surface area is 127 Å². The normalized spacial score (nSPS) is 13.0. The largest absolute Gasteiger partial charge is 0.491 e. The molecule has 0 radical (unpaired) electrons. The Bertz CT molecular complexity index is 472. The molecule has 0 saturated heterocycles. The van der Waals surface area contributed by atoms with E-state index in [1.165, 1.54) is 12.1 Å². The van der Waals surface area contributed by atoms with Crippen LogP contribution in [0.5, 0.6) is 5.75 Å². The van der Waals surface area contributed by atoms with Crippen molar-refractivity contribution >= 4 is 5.91 Å². The molecular weight excluding hydrogens is 299 g/mol. The third-order valence-corrected chi connectivity index (χ3v) is 2.75. The molecule has 1 aromatic rings. The lowest BCUT2D eigenvalue weighted by atomic mass is 10.1.